The Kier molecular flexibility index (Phi) is 3.67. The lowest BCUT2D eigenvalue weighted by Gasteiger charge is -2.22. The van der Waals surface area contributed by atoms with Crippen LogP contribution in [0.15, 0.2) is 24.5 Å². The maximum Gasteiger partial charge on any atom is 0.143 e. The molecule has 2 aromatic rings. The van der Waals surface area contributed by atoms with Crippen LogP contribution in [0.3, 0.4) is 0 Å². The van der Waals surface area contributed by atoms with E-state index in [4.69, 9.17) is 0 Å². The molecule has 5 heteroatoms. The molecule has 1 aliphatic carbocycles. The second-order valence-corrected chi connectivity index (χ2v) is 5.73. The summed E-state index contributed by atoms with van der Waals surface area (Å²) in [4.78, 5) is 0. The van der Waals surface area contributed by atoms with Crippen LogP contribution in [0.2, 0.25) is 0 Å². The zero-order chi connectivity index (χ0) is 13.9. The van der Waals surface area contributed by atoms with Crippen molar-refractivity contribution in [1.82, 2.24) is 20.2 Å². The molecule has 0 spiro atoms. The maximum atomic E-state index is 3.97. The van der Waals surface area contributed by atoms with Gasteiger partial charge in [0.1, 0.15) is 6.33 Å². The summed E-state index contributed by atoms with van der Waals surface area (Å²) >= 11 is 0. The third-order valence-electron chi connectivity index (χ3n) is 4.31. The molecule has 3 rings (SSSR count). The van der Waals surface area contributed by atoms with Crippen molar-refractivity contribution in [1.29, 1.82) is 0 Å². The van der Waals surface area contributed by atoms with Gasteiger partial charge in [0.2, 0.25) is 0 Å². The number of hydrogen-bond donors (Lipinski definition) is 1. The minimum absolute atomic E-state index is 0.516. The number of benzene rings is 1. The van der Waals surface area contributed by atoms with Crippen LogP contribution in [0.1, 0.15) is 38.2 Å². The molecule has 1 saturated carbocycles. The Morgan fingerprint density at radius 1 is 1.30 bits per heavy atom. The highest BCUT2D eigenvalue weighted by Crippen LogP contribution is 2.29. The first-order valence-corrected chi connectivity index (χ1v) is 7.34. The SMILES string of the molecule is Cc1ccc(NC(C)C2CCCC2)cc1-n1cnnn1. The monoisotopic (exact) mass is 271 g/mol. The first-order chi connectivity index (χ1) is 9.74. The lowest BCUT2D eigenvalue weighted by atomic mass is 9.99. The molecule has 1 unspecified atom stereocenters. The number of rotatable bonds is 4. The zero-order valence-electron chi connectivity index (χ0n) is 12.1. The summed E-state index contributed by atoms with van der Waals surface area (Å²) in [5.74, 6) is 0.799. The summed E-state index contributed by atoms with van der Waals surface area (Å²) in [6.07, 6.45) is 7.08. The second kappa shape index (κ2) is 5.61. The fourth-order valence-corrected chi connectivity index (χ4v) is 3.06. The van der Waals surface area contributed by atoms with Crippen LogP contribution in [-0.4, -0.2) is 26.2 Å². The fraction of sp³-hybridized carbons (Fsp3) is 0.533. The number of aryl methyl sites for hydroxylation is 1. The molecule has 1 aliphatic rings. The largest absolute Gasteiger partial charge is 0.382 e. The van der Waals surface area contributed by atoms with E-state index in [2.05, 4.69) is 52.9 Å². The van der Waals surface area contributed by atoms with Crippen molar-refractivity contribution in [2.24, 2.45) is 5.92 Å². The number of aromatic nitrogens is 4. The van der Waals surface area contributed by atoms with Crippen LogP contribution >= 0.6 is 0 Å². The Morgan fingerprint density at radius 3 is 2.80 bits per heavy atom. The van der Waals surface area contributed by atoms with E-state index >= 15 is 0 Å². The summed E-state index contributed by atoms with van der Waals surface area (Å²) in [7, 11) is 0. The van der Waals surface area contributed by atoms with Gasteiger partial charge in [0.05, 0.1) is 5.69 Å². The highest BCUT2D eigenvalue weighted by Gasteiger charge is 2.21. The summed E-state index contributed by atoms with van der Waals surface area (Å²) in [6.45, 7) is 4.35. The summed E-state index contributed by atoms with van der Waals surface area (Å²) < 4.78 is 1.71. The summed E-state index contributed by atoms with van der Waals surface area (Å²) in [5.41, 5.74) is 3.33. The Morgan fingerprint density at radius 2 is 2.10 bits per heavy atom. The molecule has 5 nitrogen and oxygen atoms in total. The molecule has 1 N–H and O–H groups in total. The van der Waals surface area contributed by atoms with Gasteiger partial charge in [-0.25, -0.2) is 4.68 Å². The van der Waals surface area contributed by atoms with E-state index in [0.29, 0.717) is 6.04 Å². The summed E-state index contributed by atoms with van der Waals surface area (Å²) in [5, 5.41) is 15.0. The third-order valence-corrected chi connectivity index (χ3v) is 4.31. The van der Waals surface area contributed by atoms with Crippen molar-refractivity contribution in [3.8, 4) is 5.69 Å². The van der Waals surface area contributed by atoms with Gasteiger partial charge in [-0.3, -0.25) is 0 Å². The van der Waals surface area contributed by atoms with Gasteiger partial charge in [0.25, 0.3) is 0 Å². The van der Waals surface area contributed by atoms with Crippen molar-refractivity contribution in [3.63, 3.8) is 0 Å². The lowest BCUT2D eigenvalue weighted by molar-refractivity contribution is 0.482. The fourth-order valence-electron chi connectivity index (χ4n) is 3.06. The highest BCUT2D eigenvalue weighted by molar-refractivity contribution is 5.54. The van der Waals surface area contributed by atoms with Crippen molar-refractivity contribution < 1.29 is 0 Å². The average Bonchev–Trinajstić information content (AvgIpc) is 3.14. The quantitative estimate of drug-likeness (QED) is 0.929. The van der Waals surface area contributed by atoms with E-state index in [-0.39, 0.29) is 0 Å². The standard InChI is InChI=1S/C15H21N5/c1-11-7-8-14(9-15(11)20-10-16-18-19-20)17-12(2)13-5-3-4-6-13/h7-10,12-13,17H,3-6H2,1-2H3. The van der Waals surface area contributed by atoms with Crippen LogP contribution in [0.4, 0.5) is 5.69 Å². The topological polar surface area (TPSA) is 55.6 Å². The van der Waals surface area contributed by atoms with Gasteiger partial charge in [0.15, 0.2) is 0 Å². The van der Waals surface area contributed by atoms with Gasteiger partial charge in [-0.2, -0.15) is 0 Å². The lowest BCUT2D eigenvalue weighted by Crippen LogP contribution is -2.23. The van der Waals surface area contributed by atoms with Gasteiger partial charge >= 0.3 is 0 Å². The van der Waals surface area contributed by atoms with E-state index in [1.807, 2.05) is 0 Å². The molecule has 0 amide bonds. The molecule has 0 aliphatic heterocycles. The zero-order valence-corrected chi connectivity index (χ0v) is 12.1. The van der Waals surface area contributed by atoms with Gasteiger partial charge in [-0.1, -0.05) is 18.9 Å². The highest BCUT2D eigenvalue weighted by atomic mass is 15.5. The number of tetrazole rings is 1. The number of anilines is 1. The first kappa shape index (κ1) is 13.1. The van der Waals surface area contributed by atoms with Gasteiger partial charge in [0, 0.05) is 11.7 Å². The predicted molar refractivity (Wildman–Crippen MR) is 78.9 cm³/mol. The van der Waals surface area contributed by atoms with E-state index in [1.165, 1.54) is 25.7 Å². The molecule has 0 bridgehead atoms. The number of hydrogen-bond acceptors (Lipinski definition) is 4. The molecule has 1 aromatic heterocycles. The maximum absolute atomic E-state index is 3.97. The van der Waals surface area contributed by atoms with Gasteiger partial charge < -0.3 is 5.32 Å². The molecule has 1 atom stereocenters. The summed E-state index contributed by atoms with van der Waals surface area (Å²) in [6, 6.07) is 6.88. The third kappa shape index (κ3) is 2.66. The second-order valence-electron chi connectivity index (χ2n) is 5.73. The molecule has 1 heterocycles. The molecule has 106 valence electrons. The Balaban J connectivity index is 1.78. The smallest absolute Gasteiger partial charge is 0.143 e. The predicted octanol–water partition coefficient (Wildman–Crippen LogP) is 2.96. The molecule has 0 saturated heterocycles. The number of nitrogens with one attached hydrogen (secondary N) is 1. The first-order valence-electron chi connectivity index (χ1n) is 7.34. The van der Waals surface area contributed by atoms with E-state index < -0.39 is 0 Å². The normalized spacial score (nSPS) is 17.3. The van der Waals surface area contributed by atoms with Gasteiger partial charge in [-0.05, 0) is 60.7 Å². The van der Waals surface area contributed by atoms with Crippen LogP contribution in [0, 0.1) is 12.8 Å². The Labute approximate surface area is 119 Å². The molecule has 0 radical (unpaired) electrons. The Hall–Kier alpha value is -1.91. The minimum Gasteiger partial charge on any atom is -0.382 e. The van der Waals surface area contributed by atoms with Crippen LogP contribution in [-0.2, 0) is 0 Å². The molecule has 1 aromatic carbocycles. The van der Waals surface area contributed by atoms with E-state index in [0.717, 1.165) is 22.9 Å². The van der Waals surface area contributed by atoms with Crippen molar-refractivity contribution >= 4 is 5.69 Å². The van der Waals surface area contributed by atoms with Crippen molar-refractivity contribution in [2.45, 2.75) is 45.6 Å². The van der Waals surface area contributed by atoms with E-state index in [1.54, 1.807) is 11.0 Å². The van der Waals surface area contributed by atoms with Crippen LogP contribution in [0.25, 0.3) is 5.69 Å². The Bertz CT molecular complexity index is 558. The van der Waals surface area contributed by atoms with Crippen molar-refractivity contribution in [3.05, 3.63) is 30.1 Å². The molecular weight excluding hydrogens is 250 g/mol. The van der Waals surface area contributed by atoms with Crippen molar-refractivity contribution in [2.75, 3.05) is 5.32 Å². The minimum atomic E-state index is 0.516. The van der Waals surface area contributed by atoms with E-state index in [9.17, 15) is 0 Å². The number of nitrogens with zero attached hydrogens (tertiary/aromatic N) is 4. The van der Waals surface area contributed by atoms with Crippen LogP contribution < -0.4 is 5.32 Å². The van der Waals surface area contributed by atoms with Gasteiger partial charge in [-0.15, -0.1) is 5.10 Å². The molecular formula is C15H21N5. The average molecular weight is 271 g/mol. The molecule has 20 heavy (non-hydrogen) atoms. The van der Waals surface area contributed by atoms with Crippen LogP contribution in [0.5, 0.6) is 0 Å². The molecule has 1 fully saturated rings.